The van der Waals surface area contributed by atoms with Crippen LogP contribution in [0.2, 0.25) is 0 Å². The van der Waals surface area contributed by atoms with E-state index in [9.17, 15) is 19.5 Å². The van der Waals surface area contributed by atoms with Gasteiger partial charge in [0.25, 0.3) is 0 Å². The van der Waals surface area contributed by atoms with Crippen LogP contribution in [0.3, 0.4) is 0 Å². The van der Waals surface area contributed by atoms with E-state index in [1.165, 1.54) is 12.1 Å². The lowest BCUT2D eigenvalue weighted by Gasteiger charge is -2.35. The number of phenols is 1. The van der Waals surface area contributed by atoms with Crippen LogP contribution < -0.4 is 0 Å². The molecule has 0 radical (unpaired) electrons. The Bertz CT molecular complexity index is 884. The molecule has 1 fully saturated rings. The van der Waals surface area contributed by atoms with Gasteiger partial charge in [0.1, 0.15) is 5.75 Å². The molecule has 1 aliphatic rings. The molecule has 6 heteroatoms. The van der Waals surface area contributed by atoms with E-state index in [1.807, 2.05) is 31.2 Å². The van der Waals surface area contributed by atoms with Crippen molar-refractivity contribution in [3.63, 3.8) is 0 Å². The zero-order valence-corrected chi connectivity index (χ0v) is 16.6. The number of benzene rings is 2. The fourth-order valence-corrected chi connectivity index (χ4v) is 3.46. The standard InChI is InChI=1S/C23H26N2O4/c1-17-4-2-3-5-19(17)16-23(29)25-14-12-24(13-15-25)22(28)11-10-21(27)18-6-8-20(26)9-7-18/h2-9,26H,10-16H2,1H3. The number of hydrogen-bond acceptors (Lipinski definition) is 4. The molecular formula is C23H26N2O4. The highest BCUT2D eigenvalue weighted by molar-refractivity contribution is 5.98. The molecule has 152 valence electrons. The summed E-state index contributed by atoms with van der Waals surface area (Å²) in [6.45, 7) is 4.01. The number of rotatable bonds is 6. The first kappa shape index (κ1) is 20.6. The Hall–Kier alpha value is -3.15. The van der Waals surface area contributed by atoms with Crippen molar-refractivity contribution in [2.24, 2.45) is 0 Å². The zero-order valence-electron chi connectivity index (χ0n) is 16.6. The van der Waals surface area contributed by atoms with Crippen molar-refractivity contribution in [3.8, 4) is 5.75 Å². The number of amides is 2. The van der Waals surface area contributed by atoms with E-state index in [-0.39, 0.29) is 36.2 Å². The number of aryl methyl sites for hydroxylation is 1. The molecule has 1 saturated heterocycles. The van der Waals surface area contributed by atoms with E-state index >= 15 is 0 Å². The van der Waals surface area contributed by atoms with Crippen molar-refractivity contribution in [2.75, 3.05) is 26.2 Å². The zero-order chi connectivity index (χ0) is 20.8. The monoisotopic (exact) mass is 394 g/mol. The second kappa shape index (κ2) is 9.37. The minimum absolute atomic E-state index is 0.0665. The predicted molar refractivity (Wildman–Crippen MR) is 110 cm³/mol. The van der Waals surface area contributed by atoms with Crippen LogP contribution >= 0.6 is 0 Å². The molecule has 29 heavy (non-hydrogen) atoms. The van der Waals surface area contributed by atoms with Crippen molar-refractivity contribution in [2.45, 2.75) is 26.2 Å². The fourth-order valence-electron chi connectivity index (χ4n) is 3.46. The van der Waals surface area contributed by atoms with Gasteiger partial charge < -0.3 is 14.9 Å². The van der Waals surface area contributed by atoms with Crippen LogP contribution in [-0.2, 0) is 16.0 Å². The first-order valence-corrected chi connectivity index (χ1v) is 9.86. The molecule has 0 saturated carbocycles. The van der Waals surface area contributed by atoms with Crippen LogP contribution in [0.15, 0.2) is 48.5 Å². The molecule has 2 aromatic rings. The molecule has 2 aromatic carbocycles. The van der Waals surface area contributed by atoms with Gasteiger partial charge in [-0.2, -0.15) is 0 Å². The minimum atomic E-state index is -0.120. The maximum absolute atomic E-state index is 12.6. The topological polar surface area (TPSA) is 77.9 Å². The van der Waals surface area contributed by atoms with E-state index in [4.69, 9.17) is 0 Å². The molecule has 1 heterocycles. The molecule has 0 unspecified atom stereocenters. The smallest absolute Gasteiger partial charge is 0.227 e. The average molecular weight is 394 g/mol. The SMILES string of the molecule is Cc1ccccc1CC(=O)N1CCN(C(=O)CCC(=O)c2ccc(O)cc2)CC1. The third kappa shape index (κ3) is 5.44. The van der Waals surface area contributed by atoms with Gasteiger partial charge in [0, 0.05) is 44.6 Å². The van der Waals surface area contributed by atoms with Crippen LogP contribution in [0.5, 0.6) is 5.75 Å². The fraction of sp³-hybridized carbons (Fsp3) is 0.348. The Balaban J connectivity index is 1.44. The molecule has 3 rings (SSSR count). The van der Waals surface area contributed by atoms with Crippen molar-refractivity contribution >= 4 is 17.6 Å². The number of carbonyl (C=O) groups is 3. The molecule has 0 aliphatic carbocycles. The molecule has 0 bridgehead atoms. The Kier molecular flexibility index (Phi) is 6.65. The number of aromatic hydroxyl groups is 1. The summed E-state index contributed by atoms with van der Waals surface area (Å²) in [7, 11) is 0. The van der Waals surface area contributed by atoms with Crippen molar-refractivity contribution < 1.29 is 19.5 Å². The van der Waals surface area contributed by atoms with Crippen molar-refractivity contribution in [1.82, 2.24) is 9.80 Å². The van der Waals surface area contributed by atoms with Crippen LogP contribution in [0, 0.1) is 6.92 Å². The van der Waals surface area contributed by atoms with Gasteiger partial charge in [-0.3, -0.25) is 14.4 Å². The van der Waals surface area contributed by atoms with Gasteiger partial charge in [0.15, 0.2) is 5.78 Å². The van der Waals surface area contributed by atoms with Crippen LogP contribution in [-0.4, -0.2) is 58.7 Å². The predicted octanol–water partition coefficient (Wildman–Crippen LogP) is 2.58. The number of piperazine rings is 1. The number of nitrogens with zero attached hydrogens (tertiary/aromatic N) is 2. The van der Waals surface area contributed by atoms with Gasteiger partial charge in [0.05, 0.1) is 6.42 Å². The third-order valence-electron chi connectivity index (χ3n) is 5.34. The molecule has 0 atom stereocenters. The average Bonchev–Trinajstić information content (AvgIpc) is 2.74. The van der Waals surface area contributed by atoms with Crippen LogP contribution in [0.1, 0.15) is 34.3 Å². The lowest BCUT2D eigenvalue weighted by molar-refractivity contribution is -0.139. The maximum atomic E-state index is 12.6. The Labute approximate surface area is 170 Å². The van der Waals surface area contributed by atoms with E-state index in [1.54, 1.807) is 21.9 Å². The quantitative estimate of drug-likeness (QED) is 0.764. The van der Waals surface area contributed by atoms with Gasteiger partial charge >= 0.3 is 0 Å². The van der Waals surface area contributed by atoms with Crippen LogP contribution in [0.25, 0.3) is 0 Å². The van der Waals surface area contributed by atoms with Gasteiger partial charge in [-0.05, 0) is 42.3 Å². The summed E-state index contributed by atoms with van der Waals surface area (Å²) < 4.78 is 0. The Morgan fingerprint density at radius 1 is 0.828 bits per heavy atom. The number of phenolic OH excluding ortho intramolecular Hbond substituents is 1. The molecule has 0 aromatic heterocycles. The summed E-state index contributed by atoms with van der Waals surface area (Å²) in [6.07, 6.45) is 0.661. The molecule has 2 amide bonds. The number of carbonyl (C=O) groups excluding carboxylic acids is 3. The summed E-state index contributed by atoms with van der Waals surface area (Å²) >= 11 is 0. The summed E-state index contributed by atoms with van der Waals surface area (Å²) in [4.78, 5) is 40.7. The largest absolute Gasteiger partial charge is 0.508 e. The van der Waals surface area contributed by atoms with Gasteiger partial charge in [-0.15, -0.1) is 0 Å². The molecule has 6 nitrogen and oxygen atoms in total. The molecule has 1 N–H and O–H groups in total. The van der Waals surface area contributed by atoms with Crippen LogP contribution in [0.4, 0.5) is 0 Å². The van der Waals surface area contributed by atoms with Crippen molar-refractivity contribution in [1.29, 1.82) is 0 Å². The summed E-state index contributed by atoms with van der Waals surface area (Å²) in [5.41, 5.74) is 2.62. The molecule has 0 spiro atoms. The van der Waals surface area contributed by atoms with Gasteiger partial charge in [-0.1, -0.05) is 24.3 Å². The summed E-state index contributed by atoms with van der Waals surface area (Å²) in [5, 5.41) is 9.28. The summed E-state index contributed by atoms with van der Waals surface area (Å²) in [6, 6.07) is 13.9. The lowest BCUT2D eigenvalue weighted by atomic mass is 10.0. The van der Waals surface area contributed by atoms with Gasteiger partial charge in [0.2, 0.25) is 11.8 Å². The summed E-state index contributed by atoms with van der Waals surface area (Å²) in [5.74, 6) is -0.00472. The lowest BCUT2D eigenvalue weighted by Crippen LogP contribution is -2.51. The van der Waals surface area contributed by atoms with E-state index in [0.29, 0.717) is 38.2 Å². The van der Waals surface area contributed by atoms with E-state index in [0.717, 1.165) is 11.1 Å². The number of ketones is 1. The maximum Gasteiger partial charge on any atom is 0.227 e. The number of Topliss-reactive ketones (excluding diaryl/α,β-unsaturated/α-hetero) is 1. The molecule has 1 aliphatic heterocycles. The third-order valence-corrected chi connectivity index (χ3v) is 5.34. The minimum Gasteiger partial charge on any atom is -0.508 e. The first-order chi connectivity index (χ1) is 13.9. The van der Waals surface area contributed by atoms with E-state index < -0.39 is 0 Å². The highest BCUT2D eigenvalue weighted by Crippen LogP contribution is 2.14. The van der Waals surface area contributed by atoms with Gasteiger partial charge in [-0.25, -0.2) is 0 Å². The van der Waals surface area contributed by atoms with Crippen molar-refractivity contribution in [3.05, 3.63) is 65.2 Å². The van der Waals surface area contributed by atoms with E-state index in [2.05, 4.69) is 0 Å². The molecular weight excluding hydrogens is 368 g/mol. The second-order valence-electron chi connectivity index (χ2n) is 7.33. The number of hydrogen-bond donors (Lipinski definition) is 1. The second-order valence-corrected chi connectivity index (χ2v) is 7.33. The Morgan fingerprint density at radius 2 is 1.41 bits per heavy atom. The Morgan fingerprint density at radius 3 is 2.03 bits per heavy atom. The highest BCUT2D eigenvalue weighted by atomic mass is 16.3. The normalized spacial score (nSPS) is 14.0. The first-order valence-electron chi connectivity index (χ1n) is 9.86. The highest BCUT2D eigenvalue weighted by Gasteiger charge is 2.24.